The molecule has 1 atom stereocenters. The van der Waals surface area contributed by atoms with Crippen LogP contribution in [-0.2, 0) is 16.4 Å². The summed E-state index contributed by atoms with van der Waals surface area (Å²) in [7, 11) is -3.10. The van der Waals surface area contributed by atoms with Gasteiger partial charge in [0.1, 0.15) is 5.82 Å². The number of nitrogens with zero attached hydrogens (tertiary/aromatic N) is 1. The van der Waals surface area contributed by atoms with Crippen LogP contribution in [-0.4, -0.2) is 44.7 Å². The van der Waals surface area contributed by atoms with Gasteiger partial charge >= 0.3 is 0 Å². The molecule has 0 fully saturated rings. The maximum atomic E-state index is 12.8. The van der Waals surface area contributed by atoms with E-state index in [0.717, 1.165) is 24.9 Å². The molecule has 0 amide bonds. The Balaban J connectivity index is 2.27. The van der Waals surface area contributed by atoms with Crippen molar-refractivity contribution in [1.82, 2.24) is 9.62 Å². The molecular formula is C15H25FN2O2S. The van der Waals surface area contributed by atoms with Gasteiger partial charge in [0.05, 0.1) is 6.26 Å². The fourth-order valence-corrected chi connectivity index (χ4v) is 3.14. The molecule has 120 valence electrons. The Kier molecular flexibility index (Phi) is 7.28. The molecule has 0 spiro atoms. The minimum Gasteiger partial charge on any atom is -0.314 e. The summed E-state index contributed by atoms with van der Waals surface area (Å²) in [6, 6.07) is 6.77. The van der Waals surface area contributed by atoms with E-state index in [0.29, 0.717) is 13.1 Å². The highest BCUT2D eigenvalue weighted by molar-refractivity contribution is 7.88. The number of hydrogen-bond acceptors (Lipinski definition) is 3. The molecule has 0 aromatic heterocycles. The zero-order valence-electron chi connectivity index (χ0n) is 13.0. The second-order valence-corrected chi connectivity index (χ2v) is 7.28. The van der Waals surface area contributed by atoms with Gasteiger partial charge in [-0.2, -0.15) is 0 Å². The number of benzene rings is 1. The van der Waals surface area contributed by atoms with Crippen molar-refractivity contribution in [2.75, 3.05) is 25.9 Å². The number of nitrogens with one attached hydrogen (secondary N) is 1. The minimum atomic E-state index is -3.10. The third-order valence-electron chi connectivity index (χ3n) is 3.35. The van der Waals surface area contributed by atoms with Gasteiger partial charge in [-0.3, -0.25) is 0 Å². The predicted molar refractivity (Wildman–Crippen MR) is 84.3 cm³/mol. The molecule has 4 nitrogen and oxygen atoms in total. The van der Waals surface area contributed by atoms with E-state index in [-0.39, 0.29) is 11.9 Å². The summed E-state index contributed by atoms with van der Waals surface area (Å²) >= 11 is 0. The number of hydrogen-bond donors (Lipinski definition) is 1. The van der Waals surface area contributed by atoms with Crippen LogP contribution >= 0.6 is 0 Å². The van der Waals surface area contributed by atoms with Crippen LogP contribution in [0.15, 0.2) is 24.3 Å². The predicted octanol–water partition coefficient (Wildman–Crippen LogP) is 2.02. The fourth-order valence-electron chi connectivity index (χ4n) is 2.21. The largest absolute Gasteiger partial charge is 0.314 e. The van der Waals surface area contributed by atoms with Crippen molar-refractivity contribution >= 4 is 10.0 Å². The Hall–Kier alpha value is -0.980. The van der Waals surface area contributed by atoms with Gasteiger partial charge < -0.3 is 5.32 Å². The summed E-state index contributed by atoms with van der Waals surface area (Å²) in [5.41, 5.74) is 1.09. The lowest BCUT2D eigenvalue weighted by Gasteiger charge is -2.19. The molecule has 6 heteroatoms. The van der Waals surface area contributed by atoms with E-state index < -0.39 is 10.0 Å². The molecular weight excluding hydrogens is 291 g/mol. The Labute approximate surface area is 127 Å². The van der Waals surface area contributed by atoms with Gasteiger partial charge in [0.25, 0.3) is 0 Å². The molecule has 0 aliphatic carbocycles. The van der Waals surface area contributed by atoms with Crippen LogP contribution in [0.4, 0.5) is 4.39 Å². The van der Waals surface area contributed by atoms with Gasteiger partial charge in [0.2, 0.25) is 10.0 Å². The maximum absolute atomic E-state index is 12.8. The highest BCUT2D eigenvalue weighted by Crippen LogP contribution is 2.06. The molecule has 1 unspecified atom stereocenters. The Morgan fingerprint density at radius 2 is 1.90 bits per heavy atom. The summed E-state index contributed by atoms with van der Waals surface area (Å²) in [4.78, 5) is 0. The zero-order chi connectivity index (χ0) is 15.9. The normalized spacial score (nSPS) is 13.6. The molecule has 0 saturated carbocycles. The fraction of sp³-hybridized carbons (Fsp3) is 0.600. The molecule has 0 aliphatic heterocycles. The molecule has 1 N–H and O–H groups in total. The number of rotatable bonds is 9. The van der Waals surface area contributed by atoms with E-state index in [1.165, 1.54) is 22.7 Å². The van der Waals surface area contributed by atoms with E-state index >= 15 is 0 Å². The lowest BCUT2D eigenvalue weighted by atomic mass is 10.1. The Morgan fingerprint density at radius 1 is 1.29 bits per heavy atom. The molecule has 1 aromatic rings. The van der Waals surface area contributed by atoms with E-state index in [1.54, 1.807) is 12.1 Å². The average Bonchev–Trinajstić information content (AvgIpc) is 2.40. The van der Waals surface area contributed by atoms with Crippen LogP contribution in [0.5, 0.6) is 0 Å². The molecule has 1 rings (SSSR count). The summed E-state index contributed by atoms with van der Waals surface area (Å²) < 4.78 is 37.1. The van der Waals surface area contributed by atoms with Crippen LogP contribution in [0.3, 0.4) is 0 Å². The third-order valence-corrected chi connectivity index (χ3v) is 4.73. The molecule has 1 aromatic carbocycles. The van der Waals surface area contributed by atoms with Gasteiger partial charge in [0, 0.05) is 19.1 Å². The van der Waals surface area contributed by atoms with Crippen molar-refractivity contribution in [3.63, 3.8) is 0 Å². The highest BCUT2D eigenvalue weighted by Gasteiger charge is 2.13. The summed E-state index contributed by atoms with van der Waals surface area (Å²) in [6.07, 6.45) is 2.83. The number of sulfonamides is 1. The van der Waals surface area contributed by atoms with Crippen molar-refractivity contribution in [2.24, 2.45) is 0 Å². The first kappa shape index (κ1) is 18.1. The van der Waals surface area contributed by atoms with Crippen LogP contribution in [0.25, 0.3) is 0 Å². The summed E-state index contributed by atoms with van der Waals surface area (Å²) in [6.45, 7) is 5.70. The highest BCUT2D eigenvalue weighted by atomic mass is 32.2. The van der Waals surface area contributed by atoms with Gasteiger partial charge in [0.15, 0.2) is 0 Å². The monoisotopic (exact) mass is 316 g/mol. The van der Waals surface area contributed by atoms with Crippen molar-refractivity contribution in [2.45, 2.75) is 32.7 Å². The van der Waals surface area contributed by atoms with E-state index in [4.69, 9.17) is 0 Å². The molecule has 0 heterocycles. The van der Waals surface area contributed by atoms with E-state index in [1.807, 2.05) is 6.92 Å². The smallest absolute Gasteiger partial charge is 0.211 e. The second kappa shape index (κ2) is 8.46. The van der Waals surface area contributed by atoms with Crippen molar-refractivity contribution in [3.05, 3.63) is 35.6 Å². The van der Waals surface area contributed by atoms with Crippen molar-refractivity contribution < 1.29 is 12.8 Å². The van der Waals surface area contributed by atoms with Crippen LogP contribution in [0.2, 0.25) is 0 Å². The van der Waals surface area contributed by atoms with Crippen molar-refractivity contribution in [3.8, 4) is 0 Å². The minimum absolute atomic E-state index is 0.222. The molecule has 21 heavy (non-hydrogen) atoms. The average molecular weight is 316 g/mol. The summed E-state index contributed by atoms with van der Waals surface area (Å²) in [5, 5.41) is 3.36. The third kappa shape index (κ3) is 7.02. The van der Waals surface area contributed by atoms with Crippen LogP contribution < -0.4 is 5.32 Å². The maximum Gasteiger partial charge on any atom is 0.211 e. The molecule has 0 saturated heterocycles. The Bertz CT molecular complexity index is 517. The van der Waals surface area contributed by atoms with Gasteiger partial charge in [-0.05, 0) is 44.0 Å². The van der Waals surface area contributed by atoms with E-state index in [2.05, 4.69) is 12.2 Å². The zero-order valence-corrected chi connectivity index (χ0v) is 13.8. The van der Waals surface area contributed by atoms with Gasteiger partial charge in [-0.25, -0.2) is 17.1 Å². The van der Waals surface area contributed by atoms with E-state index in [9.17, 15) is 12.8 Å². The first-order valence-corrected chi connectivity index (χ1v) is 9.10. The first-order valence-electron chi connectivity index (χ1n) is 7.26. The van der Waals surface area contributed by atoms with Crippen LogP contribution in [0, 0.1) is 5.82 Å². The first-order chi connectivity index (χ1) is 9.82. The summed E-state index contributed by atoms with van der Waals surface area (Å²) in [5.74, 6) is -0.222. The lowest BCUT2D eigenvalue weighted by molar-refractivity contribution is 0.412. The SMILES string of the molecule is CCN(CCCNC(C)Cc1ccc(F)cc1)S(C)(=O)=O. The van der Waals surface area contributed by atoms with Gasteiger partial charge in [-0.15, -0.1) is 0 Å². The number of halogens is 1. The molecule has 0 bridgehead atoms. The molecule has 0 radical (unpaired) electrons. The second-order valence-electron chi connectivity index (χ2n) is 5.29. The van der Waals surface area contributed by atoms with Crippen LogP contribution in [0.1, 0.15) is 25.8 Å². The molecule has 0 aliphatic rings. The quantitative estimate of drug-likeness (QED) is 0.709. The Morgan fingerprint density at radius 3 is 2.43 bits per heavy atom. The lowest BCUT2D eigenvalue weighted by Crippen LogP contribution is -2.34. The van der Waals surface area contributed by atoms with Gasteiger partial charge in [-0.1, -0.05) is 19.1 Å². The standard InChI is InChI=1S/C15H25FN2O2S/c1-4-18(21(3,19)20)11-5-10-17-13(2)12-14-6-8-15(16)9-7-14/h6-9,13,17H,4-5,10-12H2,1-3H3. The van der Waals surface area contributed by atoms with Crippen molar-refractivity contribution in [1.29, 1.82) is 0 Å². The topological polar surface area (TPSA) is 49.4 Å².